The van der Waals surface area contributed by atoms with Gasteiger partial charge in [0.2, 0.25) is 0 Å². The van der Waals surface area contributed by atoms with Crippen LogP contribution in [0.15, 0.2) is 12.1 Å². The first-order valence-electron chi connectivity index (χ1n) is 5.22. The highest BCUT2D eigenvalue weighted by Crippen LogP contribution is 2.36. The molecule has 1 aromatic carbocycles. The molecule has 2 rings (SSSR count). The fourth-order valence-corrected chi connectivity index (χ4v) is 1.84. The molecular formula is C12H12O5. The zero-order chi connectivity index (χ0) is 12.4. The van der Waals surface area contributed by atoms with Crippen molar-refractivity contribution in [3.8, 4) is 11.5 Å². The summed E-state index contributed by atoms with van der Waals surface area (Å²) in [6, 6.07) is 3.20. The van der Waals surface area contributed by atoms with Crippen LogP contribution in [0.25, 0.3) is 0 Å². The molecule has 1 aromatic rings. The molecule has 0 amide bonds. The third-order valence-electron chi connectivity index (χ3n) is 2.56. The molecular weight excluding hydrogens is 224 g/mol. The number of fused-ring (bicyclic) bond motifs is 1. The summed E-state index contributed by atoms with van der Waals surface area (Å²) in [6.07, 6.45) is 0.695. The Labute approximate surface area is 98.0 Å². The minimum absolute atomic E-state index is 0.154. The van der Waals surface area contributed by atoms with Gasteiger partial charge >= 0.3 is 5.97 Å². The minimum Gasteiger partial charge on any atom is -0.504 e. The second-order valence-electron chi connectivity index (χ2n) is 3.86. The molecule has 17 heavy (non-hydrogen) atoms. The van der Waals surface area contributed by atoms with Gasteiger partial charge in [0.1, 0.15) is 12.7 Å². The number of phenolic OH excluding ortho intramolecular Hbond substituents is 1. The first-order valence-corrected chi connectivity index (χ1v) is 5.22. The maximum Gasteiger partial charge on any atom is 0.303 e. The van der Waals surface area contributed by atoms with E-state index in [-0.39, 0.29) is 30.0 Å². The highest BCUT2D eigenvalue weighted by Gasteiger charge is 2.25. The van der Waals surface area contributed by atoms with E-state index in [0.29, 0.717) is 18.5 Å². The predicted octanol–water partition coefficient (Wildman–Crippen LogP) is 1.07. The van der Waals surface area contributed by atoms with Gasteiger partial charge < -0.3 is 14.6 Å². The Morgan fingerprint density at radius 2 is 2.35 bits per heavy atom. The van der Waals surface area contributed by atoms with Crippen molar-refractivity contribution in [3.05, 3.63) is 23.3 Å². The lowest BCUT2D eigenvalue weighted by Gasteiger charge is -2.25. The number of benzene rings is 1. The molecule has 90 valence electrons. The maximum absolute atomic E-state index is 10.8. The van der Waals surface area contributed by atoms with Crippen molar-refractivity contribution < 1.29 is 24.2 Å². The molecule has 5 heteroatoms. The smallest absolute Gasteiger partial charge is 0.303 e. The van der Waals surface area contributed by atoms with E-state index >= 15 is 0 Å². The Bertz CT molecular complexity index is 466. The summed E-state index contributed by atoms with van der Waals surface area (Å²) in [5.74, 6) is -0.215. The third-order valence-corrected chi connectivity index (χ3v) is 2.56. The summed E-state index contributed by atoms with van der Waals surface area (Å²) in [4.78, 5) is 21.5. The number of carbonyl (C=O) groups is 2. The van der Waals surface area contributed by atoms with Gasteiger partial charge in [-0.2, -0.15) is 0 Å². The average molecular weight is 236 g/mol. The van der Waals surface area contributed by atoms with Crippen molar-refractivity contribution >= 4 is 12.3 Å². The molecule has 0 spiro atoms. The van der Waals surface area contributed by atoms with E-state index in [0.717, 1.165) is 5.56 Å². The Morgan fingerprint density at radius 3 is 3.00 bits per heavy atom. The van der Waals surface area contributed by atoms with Crippen LogP contribution in [-0.2, 0) is 16.0 Å². The largest absolute Gasteiger partial charge is 0.504 e. The number of rotatable bonds is 2. The van der Waals surface area contributed by atoms with Crippen molar-refractivity contribution in [2.24, 2.45) is 0 Å². The van der Waals surface area contributed by atoms with Gasteiger partial charge in [0.15, 0.2) is 17.8 Å². The third kappa shape index (κ3) is 2.22. The monoisotopic (exact) mass is 236 g/mol. The lowest BCUT2D eigenvalue weighted by molar-refractivity contribution is -0.148. The minimum atomic E-state index is -0.365. The Hall–Kier alpha value is -2.04. The van der Waals surface area contributed by atoms with Gasteiger partial charge in [-0.25, -0.2) is 0 Å². The number of aromatic hydroxyl groups is 1. The van der Waals surface area contributed by atoms with E-state index in [9.17, 15) is 14.7 Å². The van der Waals surface area contributed by atoms with Gasteiger partial charge in [0, 0.05) is 18.9 Å². The Kier molecular flexibility index (Phi) is 2.99. The van der Waals surface area contributed by atoms with Gasteiger partial charge in [0.25, 0.3) is 0 Å². The van der Waals surface area contributed by atoms with Crippen molar-refractivity contribution in [2.75, 3.05) is 6.61 Å². The summed E-state index contributed by atoms with van der Waals surface area (Å²) in [7, 11) is 0. The van der Waals surface area contributed by atoms with E-state index in [4.69, 9.17) is 9.47 Å². The predicted molar refractivity (Wildman–Crippen MR) is 58.2 cm³/mol. The van der Waals surface area contributed by atoms with E-state index < -0.39 is 0 Å². The maximum atomic E-state index is 10.8. The van der Waals surface area contributed by atoms with E-state index in [1.165, 1.54) is 13.0 Å². The summed E-state index contributed by atoms with van der Waals surface area (Å²) < 4.78 is 10.4. The van der Waals surface area contributed by atoms with Crippen LogP contribution in [0.4, 0.5) is 0 Å². The molecule has 0 radical (unpaired) electrons. The molecule has 0 saturated heterocycles. The second-order valence-corrected chi connectivity index (χ2v) is 3.86. The number of hydrogen-bond donors (Lipinski definition) is 1. The molecule has 0 aromatic heterocycles. The molecule has 1 aliphatic rings. The number of aldehydes is 1. The summed E-state index contributed by atoms with van der Waals surface area (Å²) in [5.41, 5.74) is 0.917. The van der Waals surface area contributed by atoms with Gasteiger partial charge in [-0.05, 0) is 6.07 Å². The van der Waals surface area contributed by atoms with E-state index in [1.54, 1.807) is 6.07 Å². The molecule has 1 heterocycles. The number of phenols is 1. The van der Waals surface area contributed by atoms with Crippen LogP contribution in [0, 0.1) is 0 Å². The van der Waals surface area contributed by atoms with Crippen molar-refractivity contribution in [1.82, 2.24) is 0 Å². The summed E-state index contributed by atoms with van der Waals surface area (Å²) in [5, 5.41) is 9.74. The quantitative estimate of drug-likeness (QED) is 0.614. The first kappa shape index (κ1) is 11.4. The fraction of sp³-hybridized carbons (Fsp3) is 0.333. The molecule has 1 unspecified atom stereocenters. The molecule has 1 atom stereocenters. The summed E-state index contributed by atoms with van der Waals surface area (Å²) in [6.45, 7) is 1.52. The average Bonchev–Trinajstić information content (AvgIpc) is 2.28. The lowest BCUT2D eigenvalue weighted by atomic mass is 10.0. The van der Waals surface area contributed by atoms with Crippen LogP contribution in [0.5, 0.6) is 11.5 Å². The van der Waals surface area contributed by atoms with Crippen LogP contribution >= 0.6 is 0 Å². The first-order chi connectivity index (χ1) is 8.11. The molecule has 1 N–H and O–H groups in total. The van der Waals surface area contributed by atoms with Gasteiger partial charge in [0.05, 0.1) is 5.56 Å². The molecule has 0 aliphatic carbocycles. The van der Waals surface area contributed by atoms with Crippen LogP contribution < -0.4 is 4.74 Å². The van der Waals surface area contributed by atoms with Crippen LogP contribution in [-0.4, -0.2) is 30.1 Å². The summed E-state index contributed by atoms with van der Waals surface area (Å²) >= 11 is 0. The Balaban J connectivity index is 2.25. The SMILES string of the molecule is CC(=O)OC1COc2c(ccc(C=O)c2O)C1. The Morgan fingerprint density at radius 1 is 1.59 bits per heavy atom. The fourth-order valence-electron chi connectivity index (χ4n) is 1.84. The molecule has 0 fully saturated rings. The molecule has 5 nitrogen and oxygen atoms in total. The highest BCUT2D eigenvalue weighted by atomic mass is 16.6. The topological polar surface area (TPSA) is 72.8 Å². The van der Waals surface area contributed by atoms with E-state index in [1.807, 2.05) is 0 Å². The van der Waals surface area contributed by atoms with Crippen LogP contribution in [0.3, 0.4) is 0 Å². The van der Waals surface area contributed by atoms with Crippen LogP contribution in [0.2, 0.25) is 0 Å². The van der Waals surface area contributed by atoms with Crippen LogP contribution in [0.1, 0.15) is 22.8 Å². The number of hydrogen-bond acceptors (Lipinski definition) is 5. The zero-order valence-electron chi connectivity index (χ0n) is 9.30. The van der Waals surface area contributed by atoms with Crippen molar-refractivity contribution in [3.63, 3.8) is 0 Å². The normalized spacial score (nSPS) is 17.8. The molecule has 1 aliphatic heterocycles. The van der Waals surface area contributed by atoms with Gasteiger partial charge in [-0.15, -0.1) is 0 Å². The number of ether oxygens (including phenoxy) is 2. The lowest BCUT2D eigenvalue weighted by Crippen LogP contribution is -2.30. The highest BCUT2D eigenvalue weighted by molar-refractivity contribution is 5.81. The second kappa shape index (κ2) is 4.45. The number of carbonyl (C=O) groups excluding carboxylic acids is 2. The van der Waals surface area contributed by atoms with Crippen molar-refractivity contribution in [1.29, 1.82) is 0 Å². The van der Waals surface area contributed by atoms with Gasteiger partial charge in [-0.3, -0.25) is 9.59 Å². The molecule has 0 bridgehead atoms. The standard InChI is InChI=1S/C12H12O5/c1-7(14)17-10-4-8-2-3-9(5-13)11(15)12(8)16-6-10/h2-3,5,10,15H,4,6H2,1H3. The zero-order valence-corrected chi connectivity index (χ0v) is 9.30. The van der Waals surface area contributed by atoms with Crippen molar-refractivity contribution in [2.45, 2.75) is 19.4 Å². The van der Waals surface area contributed by atoms with E-state index in [2.05, 4.69) is 0 Å². The number of esters is 1. The van der Waals surface area contributed by atoms with Gasteiger partial charge in [-0.1, -0.05) is 6.07 Å². The molecule has 0 saturated carbocycles.